The number of benzene rings is 2. The van der Waals surface area contributed by atoms with Crippen LogP contribution in [-0.4, -0.2) is 59.9 Å². The number of amides is 1. The van der Waals surface area contributed by atoms with Crippen LogP contribution in [0.5, 0.6) is 5.75 Å². The minimum atomic E-state index is -0.217. The van der Waals surface area contributed by atoms with Crippen LogP contribution in [0.2, 0.25) is 0 Å². The van der Waals surface area contributed by atoms with Gasteiger partial charge in [-0.2, -0.15) is 4.98 Å². The summed E-state index contributed by atoms with van der Waals surface area (Å²) in [5, 5.41) is 13.2. The van der Waals surface area contributed by atoms with E-state index in [1.807, 2.05) is 36.4 Å². The van der Waals surface area contributed by atoms with E-state index in [9.17, 15) is 9.90 Å². The first kappa shape index (κ1) is 25.0. The van der Waals surface area contributed by atoms with Gasteiger partial charge in [-0.05, 0) is 74.1 Å². The van der Waals surface area contributed by atoms with Crippen LogP contribution in [0.3, 0.4) is 0 Å². The molecule has 0 spiro atoms. The van der Waals surface area contributed by atoms with Gasteiger partial charge in [-0.1, -0.05) is 18.2 Å². The summed E-state index contributed by atoms with van der Waals surface area (Å²) >= 11 is 0. The molecule has 1 aliphatic carbocycles. The number of hydrogen-bond donors (Lipinski definition) is 2. The van der Waals surface area contributed by atoms with E-state index in [-0.39, 0.29) is 18.1 Å². The van der Waals surface area contributed by atoms with Crippen LogP contribution in [-0.2, 0) is 6.42 Å². The van der Waals surface area contributed by atoms with E-state index in [2.05, 4.69) is 34.4 Å². The summed E-state index contributed by atoms with van der Waals surface area (Å²) in [4.78, 5) is 26.9. The molecule has 2 aliphatic rings. The molecule has 8 nitrogen and oxygen atoms in total. The topological polar surface area (TPSA) is 90.8 Å². The van der Waals surface area contributed by atoms with E-state index in [0.29, 0.717) is 30.5 Å². The smallest absolute Gasteiger partial charge is 0.259 e. The zero-order chi connectivity index (χ0) is 25.6. The Morgan fingerprint density at radius 3 is 2.70 bits per heavy atom. The lowest BCUT2D eigenvalue weighted by atomic mass is 9.93. The molecule has 2 aromatic carbocycles. The van der Waals surface area contributed by atoms with Gasteiger partial charge in [0, 0.05) is 50.0 Å². The number of para-hydroxylation sites is 1. The molecule has 0 bridgehead atoms. The van der Waals surface area contributed by atoms with Crippen LogP contribution in [0.25, 0.3) is 0 Å². The highest BCUT2D eigenvalue weighted by molar-refractivity contribution is 6.05. The SMILES string of the molecule is CN(CCCN(C(=O)c1ccc2c(c1)CCO2)c1ccnc(NC2CCC(O)CC2)n1)c1ccccc1. The molecule has 1 saturated carbocycles. The molecular formula is C29H35N5O3. The van der Waals surface area contributed by atoms with E-state index in [4.69, 9.17) is 9.72 Å². The van der Waals surface area contributed by atoms with E-state index in [1.165, 1.54) is 0 Å². The number of aliphatic hydroxyl groups excluding tert-OH is 1. The summed E-state index contributed by atoms with van der Waals surface area (Å²) in [6, 6.07) is 17.9. The van der Waals surface area contributed by atoms with Gasteiger partial charge in [0.2, 0.25) is 5.95 Å². The van der Waals surface area contributed by atoms with E-state index in [1.54, 1.807) is 17.2 Å². The lowest BCUT2D eigenvalue weighted by Crippen LogP contribution is -2.35. The Morgan fingerprint density at radius 1 is 1.08 bits per heavy atom. The molecule has 194 valence electrons. The van der Waals surface area contributed by atoms with E-state index in [0.717, 1.165) is 62.1 Å². The summed E-state index contributed by atoms with van der Waals surface area (Å²) in [5.41, 5.74) is 2.85. The first-order valence-electron chi connectivity index (χ1n) is 13.2. The molecule has 0 unspecified atom stereocenters. The average Bonchev–Trinajstić information content (AvgIpc) is 3.41. The molecule has 1 amide bonds. The number of rotatable bonds is 9. The number of carbonyl (C=O) groups is 1. The summed E-state index contributed by atoms with van der Waals surface area (Å²) < 4.78 is 5.63. The second kappa shape index (κ2) is 11.6. The van der Waals surface area contributed by atoms with Crippen LogP contribution in [0.4, 0.5) is 17.5 Å². The van der Waals surface area contributed by atoms with Gasteiger partial charge in [0.25, 0.3) is 5.91 Å². The van der Waals surface area contributed by atoms with Gasteiger partial charge in [-0.25, -0.2) is 4.98 Å². The molecule has 3 aromatic rings. The first-order chi connectivity index (χ1) is 18.1. The van der Waals surface area contributed by atoms with Crippen molar-refractivity contribution >= 4 is 23.4 Å². The van der Waals surface area contributed by atoms with Crippen LogP contribution in [0, 0.1) is 0 Å². The van der Waals surface area contributed by atoms with Crippen molar-refractivity contribution in [2.75, 3.05) is 41.9 Å². The molecule has 1 aliphatic heterocycles. The third-order valence-electron chi connectivity index (χ3n) is 7.20. The number of nitrogens with one attached hydrogen (secondary N) is 1. The number of anilines is 3. The van der Waals surface area contributed by atoms with Gasteiger partial charge < -0.3 is 20.1 Å². The van der Waals surface area contributed by atoms with Crippen molar-refractivity contribution in [1.29, 1.82) is 0 Å². The summed E-state index contributed by atoms with van der Waals surface area (Å²) in [7, 11) is 2.07. The Morgan fingerprint density at radius 2 is 1.89 bits per heavy atom. The molecule has 5 rings (SSSR count). The molecule has 0 atom stereocenters. The van der Waals surface area contributed by atoms with Gasteiger partial charge in [0.05, 0.1) is 12.7 Å². The monoisotopic (exact) mass is 501 g/mol. The van der Waals surface area contributed by atoms with Crippen LogP contribution in [0.1, 0.15) is 48.0 Å². The highest BCUT2D eigenvalue weighted by Gasteiger charge is 2.24. The molecule has 2 heterocycles. The van der Waals surface area contributed by atoms with Gasteiger partial charge >= 0.3 is 0 Å². The molecule has 1 aromatic heterocycles. The maximum Gasteiger partial charge on any atom is 0.259 e. The lowest BCUT2D eigenvalue weighted by molar-refractivity contribution is 0.0985. The van der Waals surface area contributed by atoms with Gasteiger partial charge in [-0.15, -0.1) is 0 Å². The zero-order valence-electron chi connectivity index (χ0n) is 21.3. The van der Waals surface area contributed by atoms with Crippen LogP contribution >= 0.6 is 0 Å². The van der Waals surface area contributed by atoms with E-state index >= 15 is 0 Å². The third-order valence-corrected chi connectivity index (χ3v) is 7.20. The zero-order valence-corrected chi connectivity index (χ0v) is 21.3. The highest BCUT2D eigenvalue weighted by atomic mass is 16.5. The van der Waals surface area contributed by atoms with Crippen molar-refractivity contribution < 1.29 is 14.6 Å². The van der Waals surface area contributed by atoms with Crippen molar-refractivity contribution in [3.63, 3.8) is 0 Å². The Balaban J connectivity index is 1.33. The normalized spacial score (nSPS) is 18.5. The van der Waals surface area contributed by atoms with Crippen LogP contribution < -0.4 is 19.9 Å². The minimum Gasteiger partial charge on any atom is -0.493 e. The number of aromatic nitrogens is 2. The molecule has 0 radical (unpaired) electrons. The summed E-state index contributed by atoms with van der Waals surface area (Å²) in [5.74, 6) is 1.87. The van der Waals surface area contributed by atoms with Crippen molar-refractivity contribution in [2.45, 2.75) is 50.7 Å². The van der Waals surface area contributed by atoms with Gasteiger partial charge in [0.1, 0.15) is 11.6 Å². The predicted molar refractivity (Wildman–Crippen MR) is 146 cm³/mol. The molecule has 8 heteroatoms. The number of ether oxygens (including phenoxy) is 1. The molecule has 0 saturated heterocycles. The second-order valence-electron chi connectivity index (χ2n) is 9.88. The Hall–Kier alpha value is -3.65. The number of hydrogen-bond acceptors (Lipinski definition) is 7. The number of fused-ring (bicyclic) bond motifs is 1. The first-order valence-corrected chi connectivity index (χ1v) is 13.2. The van der Waals surface area contributed by atoms with E-state index < -0.39 is 0 Å². The maximum atomic E-state index is 13.8. The molecule has 2 N–H and O–H groups in total. The average molecular weight is 502 g/mol. The third kappa shape index (κ3) is 6.20. The molecule has 1 fully saturated rings. The van der Waals surface area contributed by atoms with Crippen molar-refractivity contribution in [3.05, 3.63) is 71.9 Å². The fraction of sp³-hybridized carbons (Fsp3) is 0.414. The fourth-order valence-electron chi connectivity index (χ4n) is 5.04. The minimum absolute atomic E-state index is 0.0810. The molecular weight excluding hydrogens is 466 g/mol. The predicted octanol–water partition coefficient (Wildman–Crippen LogP) is 4.30. The Labute approximate surface area is 218 Å². The highest BCUT2D eigenvalue weighted by Crippen LogP contribution is 2.28. The number of carbonyl (C=O) groups excluding carboxylic acids is 1. The largest absolute Gasteiger partial charge is 0.493 e. The maximum absolute atomic E-state index is 13.8. The summed E-state index contributed by atoms with van der Waals surface area (Å²) in [6.07, 6.45) is 6.38. The Kier molecular flexibility index (Phi) is 7.84. The summed E-state index contributed by atoms with van der Waals surface area (Å²) in [6.45, 7) is 1.98. The second-order valence-corrected chi connectivity index (χ2v) is 9.88. The number of aliphatic hydroxyl groups is 1. The standard InChI is InChI=1S/C29H35N5O3/c1-33(24-6-3-2-4-7-24)17-5-18-34(28(36)22-8-13-26-21(20-22)15-19-37-26)27-14-16-30-29(32-27)31-23-9-11-25(35)12-10-23/h2-4,6-8,13-14,16,20,23,25,35H,5,9-12,15,17-19H2,1H3,(H,30,31,32). The Bertz CT molecular complexity index is 1200. The van der Waals surface area contributed by atoms with Crippen molar-refractivity contribution in [3.8, 4) is 5.75 Å². The van der Waals surface area contributed by atoms with Crippen LogP contribution in [0.15, 0.2) is 60.8 Å². The quantitative estimate of drug-likeness (QED) is 0.452. The molecule has 37 heavy (non-hydrogen) atoms. The number of nitrogens with zero attached hydrogens (tertiary/aromatic N) is 4. The fourth-order valence-corrected chi connectivity index (χ4v) is 5.04. The van der Waals surface area contributed by atoms with Crippen molar-refractivity contribution in [2.24, 2.45) is 0 Å². The van der Waals surface area contributed by atoms with Gasteiger partial charge in [-0.3, -0.25) is 9.69 Å². The van der Waals surface area contributed by atoms with Crippen molar-refractivity contribution in [1.82, 2.24) is 9.97 Å². The lowest BCUT2D eigenvalue weighted by Gasteiger charge is -2.27. The van der Waals surface area contributed by atoms with Gasteiger partial charge in [0.15, 0.2) is 0 Å².